The smallest absolute Gasteiger partial charge is 0.275 e. The monoisotopic (exact) mass is 187 g/mol. The summed E-state index contributed by atoms with van der Waals surface area (Å²) in [5, 5.41) is 0. The second kappa shape index (κ2) is 3.79. The van der Waals surface area contributed by atoms with Crippen molar-refractivity contribution in [2.45, 2.75) is 6.42 Å². The van der Waals surface area contributed by atoms with Gasteiger partial charge in [0.25, 0.3) is 11.8 Å². The molecule has 0 bridgehead atoms. The summed E-state index contributed by atoms with van der Waals surface area (Å²) in [6.45, 7) is -0.159. The molecule has 70 valence electrons. The van der Waals surface area contributed by atoms with E-state index in [0.29, 0.717) is 0 Å². The van der Waals surface area contributed by atoms with Gasteiger partial charge in [-0.25, -0.2) is 4.79 Å². The first-order valence-electron chi connectivity index (χ1n) is 3.50. The van der Waals surface area contributed by atoms with Crippen molar-refractivity contribution in [2.24, 2.45) is 0 Å². The maximum absolute atomic E-state index is 11.2. The molecule has 1 rings (SSSR count). The van der Waals surface area contributed by atoms with Gasteiger partial charge in [-0.1, -0.05) is 0 Å². The van der Waals surface area contributed by atoms with Crippen LogP contribution < -0.4 is 0 Å². The molecule has 0 atom stereocenters. The molecule has 0 aromatic carbocycles. The van der Waals surface area contributed by atoms with E-state index in [0.717, 1.165) is 17.1 Å². The minimum atomic E-state index is -1.10. The van der Waals surface area contributed by atoms with Gasteiger partial charge in [-0.2, -0.15) is 0 Å². The van der Waals surface area contributed by atoms with Crippen LogP contribution >= 0.6 is 0 Å². The average molecular weight is 187 g/mol. The molecule has 0 unspecified atom stereocenters. The largest absolute Gasteiger partial charge is 0.350 e. The van der Waals surface area contributed by atoms with Crippen LogP contribution in [0.5, 0.6) is 0 Å². The van der Waals surface area contributed by atoms with Crippen LogP contribution in [0.15, 0.2) is 12.2 Å². The van der Waals surface area contributed by atoms with Gasteiger partial charge in [0.05, 0.1) is 6.42 Å². The normalized spacial score (nSPS) is 15.3. The standard InChI is InChI=1S/C7H6FNO4/c8-13-7(12)3-4-9-5(10)1-2-6(9)11/h1-2H,3-4H2. The van der Waals surface area contributed by atoms with E-state index < -0.39 is 17.8 Å². The van der Waals surface area contributed by atoms with E-state index in [1.54, 1.807) is 0 Å². The molecule has 0 aliphatic carbocycles. The SMILES string of the molecule is O=C(CCN1C(=O)C=CC1=O)OF. The van der Waals surface area contributed by atoms with Gasteiger partial charge >= 0.3 is 5.97 Å². The van der Waals surface area contributed by atoms with E-state index >= 15 is 0 Å². The summed E-state index contributed by atoms with van der Waals surface area (Å²) in [6, 6.07) is 0. The Kier molecular flexibility index (Phi) is 2.73. The molecule has 0 aromatic heterocycles. The van der Waals surface area contributed by atoms with Crippen molar-refractivity contribution in [3.63, 3.8) is 0 Å². The highest BCUT2D eigenvalue weighted by Gasteiger charge is 2.23. The Labute approximate surface area is 72.7 Å². The highest BCUT2D eigenvalue weighted by molar-refractivity contribution is 6.12. The van der Waals surface area contributed by atoms with E-state index in [1.807, 2.05) is 0 Å². The van der Waals surface area contributed by atoms with Gasteiger partial charge in [0.2, 0.25) is 0 Å². The Morgan fingerprint density at radius 2 is 1.92 bits per heavy atom. The Balaban J connectivity index is 2.42. The van der Waals surface area contributed by atoms with E-state index in [9.17, 15) is 18.9 Å². The van der Waals surface area contributed by atoms with E-state index in [4.69, 9.17) is 0 Å². The molecule has 0 spiro atoms. The number of imide groups is 1. The first-order valence-corrected chi connectivity index (χ1v) is 3.50. The van der Waals surface area contributed by atoms with Crippen molar-refractivity contribution in [1.82, 2.24) is 4.90 Å². The molecule has 2 amide bonds. The Bertz CT molecular complexity index is 268. The van der Waals surface area contributed by atoms with Crippen molar-refractivity contribution in [2.75, 3.05) is 6.54 Å². The fourth-order valence-electron chi connectivity index (χ4n) is 0.893. The average Bonchev–Trinajstić information content (AvgIpc) is 2.43. The molecule has 0 radical (unpaired) electrons. The van der Waals surface area contributed by atoms with Crippen LogP contribution in [0.2, 0.25) is 0 Å². The molecule has 0 aromatic rings. The van der Waals surface area contributed by atoms with E-state index in [-0.39, 0.29) is 13.0 Å². The number of carbonyl (C=O) groups is 3. The number of carbonyl (C=O) groups excluding carboxylic acids is 3. The molecule has 1 heterocycles. The van der Waals surface area contributed by atoms with Crippen LogP contribution in [-0.2, 0) is 19.3 Å². The summed E-state index contributed by atoms with van der Waals surface area (Å²) in [7, 11) is 0. The minimum absolute atomic E-state index is 0.159. The molecule has 1 aliphatic rings. The first kappa shape index (κ1) is 9.37. The lowest BCUT2D eigenvalue weighted by atomic mass is 10.4. The zero-order valence-corrected chi connectivity index (χ0v) is 6.53. The summed E-state index contributed by atoms with van der Waals surface area (Å²) >= 11 is 0. The van der Waals surface area contributed by atoms with Crippen LogP contribution in [-0.4, -0.2) is 29.2 Å². The maximum Gasteiger partial charge on any atom is 0.350 e. The van der Waals surface area contributed by atoms with Crippen LogP contribution in [0.4, 0.5) is 4.53 Å². The Morgan fingerprint density at radius 3 is 2.38 bits per heavy atom. The number of hydrogen-bond acceptors (Lipinski definition) is 4. The lowest BCUT2D eigenvalue weighted by Gasteiger charge is -2.11. The van der Waals surface area contributed by atoms with Gasteiger partial charge in [-0.3, -0.25) is 19.4 Å². The van der Waals surface area contributed by atoms with Crippen LogP contribution in [0.1, 0.15) is 6.42 Å². The van der Waals surface area contributed by atoms with Gasteiger partial charge < -0.3 is 0 Å². The lowest BCUT2D eigenvalue weighted by Crippen LogP contribution is -2.32. The predicted molar refractivity (Wildman–Crippen MR) is 37.7 cm³/mol. The second-order valence-electron chi connectivity index (χ2n) is 2.36. The number of rotatable bonds is 3. The number of hydrogen-bond donors (Lipinski definition) is 0. The molecule has 6 heteroatoms. The summed E-state index contributed by atoms with van der Waals surface area (Å²) in [4.78, 5) is 35.7. The Hall–Kier alpha value is -1.72. The number of nitrogens with zero attached hydrogens (tertiary/aromatic N) is 1. The molecule has 0 saturated carbocycles. The van der Waals surface area contributed by atoms with Crippen molar-refractivity contribution in [3.8, 4) is 0 Å². The van der Waals surface area contributed by atoms with Crippen LogP contribution in [0.25, 0.3) is 0 Å². The topological polar surface area (TPSA) is 63.7 Å². The fraction of sp³-hybridized carbons (Fsp3) is 0.286. The highest BCUT2D eigenvalue weighted by Crippen LogP contribution is 2.04. The van der Waals surface area contributed by atoms with E-state index in [2.05, 4.69) is 4.94 Å². The molecular formula is C7H6FNO4. The van der Waals surface area contributed by atoms with Gasteiger partial charge in [-0.15, -0.1) is 0 Å². The minimum Gasteiger partial charge on any atom is -0.275 e. The molecule has 0 saturated heterocycles. The van der Waals surface area contributed by atoms with Crippen molar-refractivity contribution in [3.05, 3.63) is 12.2 Å². The molecule has 5 nitrogen and oxygen atoms in total. The predicted octanol–water partition coefficient (Wildman–Crippen LogP) is -0.271. The Morgan fingerprint density at radius 1 is 1.38 bits per heavy atom. The van der Waals surface area contributed by atoms with Crippen LogP contribution in [0.3, 0.4) is 0 Å². The molecular weight excluding hydrogens is 181 g/mol. The van der Waals surface area contributed by atoms with Crippen molar-refractivity contribution in [1.29, 1.82) is 0 Å². The quantitative estimate of drug-likeness (QED) is 0.570. The third kappa shape index (κ3) is 2.11. The number of halogens is 1. The summed E-state index contributed by atoms with van der Waals surface area (Å²) in [5.74, 6) is -2.11. The van der Waals surface area contributed by atoms with Gasteiger partial charge in [0.1, 0.15) is 0 Å². The third-order valence-electron chi connectivity index (χ3n) is 1.53. The van der Waals surface area contributed by atoms with Crippen LogP contribution in [0, 0.1) is 0 Å². The fourth-order valence-corrected chi connectivity index (χ4v) is 0.893. The van der Waals surface area contributed by atoms with Gasteiger partial charge in [0.15, 0.2) is 0 Å². The molecule has 1 aliphatic heterocycles. The highest BCUT2D eigenvalue weighted by atomic mass is 19.3. The van der Waals surface area contributed by atoms with Gasteiger partial charge in [0, 0.05) is 23.2 Å². The molecule has 0 fully saturated rings. The maximum atomic E-state index is 11.2. The summed E-state index contributed by atoms with van der Waals surface area (Å²) in [6.07, 6.45) is 1.84. The lowest BCUT2D eigenvalue weighted by molar-refractivity contribution is -0.183. The zero-order chi connectivity index (χ0) is 9.84. The number of amides is 2. The van der Waals surface area contributed by atoms with Crippen molar-refractivity contribution >= 4 is 17.8 Å². The van der Waals surface area contributed by atoms with E-state index in [1.165, 1.54) is 0 Å². The third-order valence-corrected chi connectivity index (χ3v) is 1.53. The summed E-state index contributed by atoms with van der Waals surface area (Å²) < 4.78 is 11.2. The molecule has 13 heavy (non-hydrogen) atoms. The first-order chi connectivity index (χ1) is 6.15. The van der Waals surface area contributed by atoms with Crippen molar-refractivity contribution < 1.29 is 23.9 Å². The van der Waals surface area contributed by atoms with Gasteiger partial charge in [-0.05, 0) is 0 Å². The summed E-state index contributed by atoms with van der Waals surface area (Å²) in [5.41, 5.74) is 0. The second-order valence-corrected chi connectivity index (χ2v) is 2.36. The molecule has 0 N–H and O–H groups in total. The zero-order valence-electron chi connectivity index (χ0n) is 6.53.